The zero-order chi connectivity index (χ0) is 29.9. The van der Waals surface area contributed by atoms with Crippen molar-refractivity contribution in [1.82, 2.24) is 14.9 Å². The number of nitrogens with zero attached hydrogens (tertiary/aromatic N) is 3. The van der Waals surface area contributed by atoms with Crippen LogP contribution in [0.25, 0.3) is 0 Å². The number of fused-ring (bicyclic) bond motifs is 2. The first-order valence-corrected chi connectivity index (χ1v) is 17.3. The van der Waals surface area contributed by atoms with Gasteiger partial charge in [0.05, 0.1) is 10.4 Å². The average molecular weight is 654 g/mol. The minimum atomic E-state index is -0.254. The van der Waals surface area contributed by atoms with E-state index in [1.807, 2.05) is 24.3 Å². The molecule has 2 aliphatic carbocycles. The fraction of sp³-hybridized carbons (Fsp3) is 0.618. The van der Waals surface area contributed by atoms with Crippen LogP contribution in [0.1, 0.15) is 83.5 Å². The smallest absolute Gasteiger partial charge is 0.229 e. The molecule has 2 fully saturated rings. The number of primary amides is 1. The number of aromatic nitrogens is 2. The molecule has 2 bridgehead atoms. The van der Waals surface area contributed by atoms with E-state index < -0.39 is 0 Å². The van der Waals surface area contributed by atoms with E-state index in [1.165, 1.54) is 70.9 Å². The van der Waals surface area contributed by atoms with E-state index in [2.05, 4.69) is 48.6 Å². The molecule has 4 N–H and O–H groups in total. The summed E-state index contributed by atoms with van der Waals surface area (Å²) in [5.74, 6) is 2.54. The summed E-state index contributed by atoms with van der Waals surface area (Å²) in [6.45, 7) is 4.02. The molecule has 1 aliphatic heterocycles. The highest BCUT2D eigenvalue weighted by atomic mass is 79.9. The molecular formula is C34H49BrN6O2. The van der Waals surface area contributed by atoms with Gasteiger partial charge in [0, 0.05) is 24.5 Å². The maximum atomic E-state index is 13.0. The number of likely N-dealkylation sites (tertiary alicyclic amines) is 1. The van der Waals surface area contributed by atoms with E-state index in [-0.39, 0.29) is 17.9 Å². The number of carbonyl (C=O) groups is 1. The number of carbonyl (C=O) groups excluding carboxylic acids is 1. The average Bonchev–Trinajstić information content (AvgIpc) is 3.68. The van der Waals surface area contributed by atoms with Gasteiger partial charge in [-0.2, -0.15) is 4.98 Å². The summed E-state index contributed by atoms with van der Waals surface area (Å²) in [6, 6.07) is 7.76. The second-order valence-electron chi connectivity index (χ2n) is 12.6. The highest BCUT2D eigenvalue weighted by Crippen LogP contribution is 2.41. The van der Waals surface area contributed by atoms with Gasteiger partial charge in [0.25, 0.3) is 0 Å². The molecular weight excluding hydrogens is 604 g/mol. The molecule has 1 unspecified atom stereocenters. The molecule has 3 aliphatic rings. The maximum Gasteiger partial charge on any atom is 0.229 e. The van der Waals surface area contributed by atoms with Gasteiger partial charge < -0.3 is 21.1 Å². The van der Waals surface area contributed by atoms with Gasteiger partial charge >= 0.3 is 0 Å². The van der Waals surface area contributed by atoms with E-state index in [4.69, 9.17) is 15.5 Å². The molecule has 0 spiro atoms. The van der Waals surface area contributed by atoms with E-state index in [0.717, 1.165) is 48.1 Å². The number of anilines is 3. The number of amides is 1. The van der Waals surface area contributed by atoms with Crippen molar-refractivity contribution in [3.05, 3.63) is 47.1 Å². The van der Waals surface area contributed by atoms with Gasteiger partial charge in [0.15, 0.2) is 0 Å². The van der Waals surface area contributed by atoms with Crippen molar-refractivity contribution >= 4 is 39.3 Å². The monoisotopic (exact) mass is 652 g/mol. The van der Waals surface area contributed by atoms with Crippen LogP contribution >= 0.6 is 15.9 Å². The lowest BCUT2D eigenvalue weighted by Crippen LogP contribution is -2.42. The van der Waals surface area contributed by atoms with E-state index in [9.17, 15) is 4.79 Å². The summed E-state index contributed by atoms with van der Waals surface area (Å²) in [7, 11) is 0. The molecule has 1 saturated heterocycles. The number of benzene rings is 1. The summed E-state index contributed by atoms with van der Waals surface area (Å²) >= 11 is 3.64. The van der Waals surface area contributed by atoms with Crippen molar-refractivity contribution in [1.29, 1.82) is 0 Å². The molecule has 8 nitrogen and oxygen atoms in total. The molecule has 2 heterocycles. The topological polar surface area (TPSA) is 105 Å². The summed E-state index contributed by atoms with van der Waals surface area (Å²) in [5.41, 5.74) is 7.01. The van der Waals surface area contributed by atoms with Gasteiger partial charge in [-0.15, -0.1) is 0 Å². The van der Waals surface area contributed by atoms with Crippen LogP contribution in [0.15, 0.2) is 47.1 Å². The quantitative estimate of drug-likeness (QED) is 0.242. The van der Waals surface area contributed by atoms with Crippen molar-refractivity contribution in [2.45, 2.75) is 89.5 Å². The number of nitrogens with two attached hydrogens (primary N) is 1. The molecule has 1 saturated carbocycles. The lowest BCUT2D eigenvalue weighted by molar-refractivity contribution is -0.123. The first-order chi connectivity index (χ1) is 21.0. The van der Waals surface area contributed by atoms with E-state index >= 15 is 0 Å². The van der Waals surface area contributed by atoms with Gasteiger partial charge in [0.2, 0.25) is 11.9 Å². The first-order valence-electron chi connectivity index (χ1n) is 16.5. The molecule has 43 heavy (non-hydrogen) atoms. The summed E-state index contributed by atoms with van der Waals surface area (Å²) in [5, 5.41) is 6.94. The minimum Gasteiger partial charge on any atom is -0.492 e. The molecule has 4 atom stereocenters. The third-order valence-corrected chi connectivity index (χ3v) is 10.0. The van der Waals surface area contributed by atoms with Crippen LogP contribution in [0.4, 0.5) is 17.5 Å². The normalized spacial score (nSPS) is 25.5. The second-order valence-corrected chi connectivity index (χ2v) is 13.5. The fourth-order valence-electron chi connectivity index (χ4n) is 7.11. The molecule has 1 aromatic carbocycles. The number of nitrogens with one attached hydrogen (secondary N) is 2. The molecule has 5 rings (SSSR count). The number of ether oxygens (including phenoxy) is 1. The Morgan fingerprint density at radius 2 is 1.79 bits per heavy atom. The fourth-order valence-corrected chi connectivity index (χ4v) is 7.41. The second kappa shape index (κ2) is 16.4. The van der Waals surface area contributed by atoms with Gasteiger partial charge in [-0.1, -0.05) is 50.7 Å². The minimum absolute atomic E-state index is 0.140. The van der Waals surface area contributed by atoms with E-state index in [0.29, 0.717) is 30.2 Å². The highest BCUT2D eigenvalue weighted by molar-refractivity contribution is 9.10. The standard InChI is InChI=1S/C34H49BrN6O2/c35-29-24-37-34(38-27-15-17-28(18-16-27)43-22-21-41-19-9-10-20-41)40-33(29)39-30-12-8-6-4-2-1-3-5-7-11-25-13-14-26(23-25)31(30)32(36)42/h6,8,15-18,24-26,30-31H,1-5,7,9-14,19-23H2,(H2,36,42)(H2,37,38,39,40)/t25?,26-,30+,31-/m0/s1. The number of halogens is 1. The predicted octanol–water partition coefficient (Wildman–Crippen LogP) is 7.45. The molecule has 2 aromatic rings. The Morgan fingerprint density at radius 1 is 1.00 bits per heavy atom. The molecule has 1 amide bonds. The molecule has 234 valence electrons. The summed E-state index contributed by atoms with van der Waals surface area (Å²) in [6.07, 6.45) is 21.7. The third-order valence-electron chi connectivity index (χ3n) is 9.44. The van der Waals surface area contributed by atoms with Crippen LogP contribution in [0, 0.1) is 17.8 Å². The molecule has 0 radical (unpaired) electrons. The molecule has 9 heteroatoms. The Hall–Kier alpha value is -2.65. The van der Waals surface area contributed by atoms with Crippen LogP contribution in [0.3, 0.4) is 0 Å². The number of rotatable bonds is 9. The maximum absolute atomic E-state index is 13.0. The van der Waals surface area contributed by atoms with Crippen molar-refractivity contribution in [3.8, 4) is 5.75 Å². The largest absolute Gasteiger partial charge is 0.492 e. The van der Waals surface area contributed by atoms with Crippen LogP contribution in [0.5, 0.6) is 5.75 Å². The molecule has 1 aromatic heterocycles. The zero-order valence-corrected chi connectivity index (χ0v) is 27.1. The number of hydrogen-bond acceptors (Lipinski definition) is 7. The van der Waals surface area contributed by atoms with Gasteiger partial charge in [0.1, 0.15) is 18.2 Å². The number of hydrogen-bond donors (Lipinski definition) is 3. The third kappa shape index (κ3) is 9.67. The Kier molecular flexibility index (Phi) is 12.1. The number of allylic oxidation sites excluding steroid dienone is 1. The van der Waals surface area contributed by atoms with Crippen molar-refractivity contribution < 1.29 is 9.53 Å². The SMILES string of the molecule is NC(=O)[C@H]1[C@H]2CCC(CCCCCCCC=CC[C@H]1Nc1nc(Nc3ccc(OCCN4CCCC4)cc3)ncc1Br)C2. The van der Waals surface area contributed by atoms with Crippen LogP contribution in [-0.4, -0.2) is 53.1 Å². The van der Waals surface area contributed by atoms with Gasteiger partial charge in [-0.3, -0.25) is 9.69 Å². The Labute approximate surface area is 265 Å². The zero-order valence-electron chi connectivity index (χ0n) is 25.5. The van der Waals surface area contributed by atoms with Crippen molar-refractivity contribution in [2.24, 2.45) is 23.5 Å². The Balaban J connectivity index is 1.25. The highest BCUT2D eigenvalue weighted by Gasteiger charge is 2.38. The van der Waals surface area contributed by atoms with Crippen molar-refractivity contribution in [2.75, 3.05) is 36.9 Å². The van der Waals surface area contributed by atoms with Gasteiger partial charge in [-0.05, 0) is 110 Å². The lowest BCUT2D eigenvalue weighted by atomic mass is 9.81. The predicted molar refractivity (Wildman–Crippen MR) is 178 cm³/mol. The Bertz CT molecular complexity index is 1190. The summed E-state index contributed by atoms with van der Waals surface area (Å²) < 4.78 is 6.71. The van der Waals surface area contributed by atoms with E-state index in [1.54, 1.807) is 6.20 Å². The van der Waals surface area contributed by atoms with Gasteiger partial charge in [-0.25, -0.2) is 4.98 Å². The van der Waals surface area contributed by atoms with Crippen LogP contribution in [-0.2, 0) is 4.79 Å². The van der Waals surface area contributed by atoms with Crippen LogP contribution < -0.4 is 21.1 Å². The lowest BCUT2D eigenvalue weighted by Gasteiger charge is -2.30. The first kappa shape index (κ1) is 31.8. The summed E-state index contributed by atoms with van der Waals surface area (Å²) in [4.78, 5) is 24.7. The Morgan fingerprint density at radius 3 is 2.60 bits per heavy atom. The van der Waals surface area contributed by atoms with Crippen LogP contribution in [0.2, 0.25) is 0 Å². The van der Waals surface area contributed by atoms with Crippen molar-refractivity contribution in [3.63, 3.8) is 0 Å².